The summed E-state index contributed by atoms with van der Waals surface area (Å²) in [5, 5.41) is 15.5. The molecule has 36 heavy (non-hydrogen) atoms. The van der Waals surface area contributed by atoms with E-state index in [2.05, 4.69) is 15.0 Å². The van der Waals surface area contributed by atoms with Crippen LogP contribution in [0.25, 0.3) is 33.5 Å². The van der Waals surface area contributed by atoms with Gasteiger partial charge in [-0.15, -0.1) is 0 Å². The van der Waals surface area contributed by atoms with Crippen molar-refractivity contribution in [1.82, 2.24) is 15.0 Å². The van der Waals surface area contributed by atoms with Crippen LogP contribution >= 0.6 is 11.6 Å². The van der Waals surface area contributed by atoms with Crippen molar-refractivity contribution in [1.29, 1.82) is 0 Å². The van der Waals surface area contributed by atoms with Gasteiger partial charge in [-0.25, -0.2) is 18.5 Å². The van der Waals surface area contributed by atoms with Crippen LogP contribution < -0.4 is 9.88 Å². The van der Waals surface area contributed by atoms with Crippen LogP contribution in [0.4, 0.5) is 0 Å². The maximum Gasteiger partial charge on any atom is 0.296 e. The molecule has 2 aromatic carbocycles. The fourth-order valence-corrected chi connectivity index (χ4v) is 5.28. The Morgan fingerprint density at radius 3 is 2.31 bits per heavy atom. The first-order valence-electron chi connectivity index (χ1n) is 11.1. The number of pyridine rings is 1. The second-order valence-electron chi connectivity index (χ2n) is 8.70. The van der Waals surface area contributed by atoms with Gasteiger partial charge in [-0.1, -0.05) is 48.0 Å². The highest BCUT2D eigenvalue weighted by Gasteiger charge is 2.48. The maximum atomic E-state index is 11.5. The Bertz CT molecular complexity index is 1540. The molecule has 0 unspecified atom stereocenters. The van der Waals surface area contributed by atoms with E-state index in [1.165, 1.54) is 12.1 Å². The number of imidazole rings is 1. The molecule has 2 saturated heterocycles. The number of hydrogen-bond acceptors (Lipinski definition) is 8. The Labute approximate surface area is 211 Å². The smallest absolute Gasteiger partial charge is 0.296 e. The van der Waals surface area contributed by atoms with E-state index in [-0.39, 0.29) is 23.6 Å². The largest absolute Gasteiger partial charge is 0.456 e. The molecule has 12 heteroatoms. The normalized spacial score (nSPS) is 23.8. The summed E-state index contributed by atoms with van der Waals surface area (Å²) in [4.78, 5) is 12.2. The summed E-state index contributed by atoms with van der Waals surface area (Å²) in [5.41, 5.74) is 4.14. The van der Waals surface area contributed by atoms with Crippen LogP contribution in [-0.2, 0) is 19.5 Å². The highest BCUT2D eigenvalue weighted by atomic mass is 35.5. The van der Waals surface area contributed by atoms with Crippen LogP contribution in [0.5, 0.6) is 6.01 Å². The molecule has 6 rings (SSSR count). The zero-order valence-corrected chi connectivity index (χ0v) is 20.2. The number of nitrogens with zero attached hydrogens (tertiary/aromatic N) is 2. The third-order valence-electron chi connectivity index (χ3n) is 6.32. The first-order valence-corrected chi connectivity index (χ1v) is 13.1. The number of nitrogens with one attached hydrogen (secondary N) is 1. The van der Waals surface area contributed by atoms with Gasteiger partial charge in [0.05, 0.1) is 34.3 Å². The molecular weight excluding hydrogens is 508 g/mol. The quantitative estimate of drug-likeness (QED) is 0.357. The number of aliphatic hydroxyl groups excluding tert-OH is 1. The summed E-state index contributed by atoms with van der Waals surface area (Å²) >= 11 is 6.54. The molecule has 0 amide bonds. The summed E-state index contributed by atoms with van der Waals surface area (Å²) in [6.45, 7) is 0.509. The summed E-state index contributed by atoms with van der Waals surface area (Å²) < 4.78 is 40.1. The van der Waals surface area contributed by atoms with Crippen molar-refractivity contribution in [2.75, 3.05) is 13.2 Å². The molecule has 2 aliphatic rings. The third kappa shape index (κ3) is 4.23. The summed E-state index contributed by atoms with van der Waals surface area (Å²) in [5.74, 6) is 0. The lowest BCUT2D eigenvalue weighted by atomic mass is 10.0. The van der Waals surface area contributed by atoms with E-state index in [0.29, 0.717) is 28.5 Å². The van der Waals surface area contributed by atoms with E-state index in [4.69, 9.17) is 31.0 Å². The molecule has 0 bridgehead atoms. The molecule has 4 N–H and O–H groups in total. The lowest BCUT2D eigenvalue weighted by Crippen LogP contribution is -2.34. The number of rotatable bonds is 5. The van der Waals surface area contributed by atoms with Gasteiger partial charge >= 0.3 is 0 Å². The number of nitrogens with two attached hydrogens (primary N) is 1. The number of H-pyrrole nitrogens is 1. The maximum absolute atomic E-state index is 11.5. The first-order chi connectivity index (χ1) is 17.3. The molecule has 186 valence electrons. The fraction of sp³-hybridized carbons (Fsp3) is 0.250. The van der Waals surface area contributed by atoms with Crippen LogP contribution in [0.1, 0.15) is 0 Å². The van der Waals surface area contributed by atoms with E-state index >= 15 is 0 Å². The average molecular weight is 529 g/mol. The highest BCUT2D eigenvalue weighted by Crippen LogP contribution is 2.33. The van der Waals surface area contributed by atoms with Crippen LogP contribution in [0.2, 0.25) is 5.02 Å². The molecule has 2 aromatic heterocycles. The van der Waals surface area contributed by atoms with Crippen molar-refractivity contribution in [2.24, 2.45) is 5.14 Å². The molecule has 4 aromatic rings. The number of aromatic amines is 1. The van der Waals surface area contributed by atoms with E-state index < -0.39 is 28.3 Å². The van der Waals surface area contributed by atoms with Crippen molar-refractivity contribution in [3.8, 4) is 28.4 Å². The zero-order chi connectivity index (χ0) is 25.0. The molecule has 4 atom stereocenters. The Hall–Kier alpha value is -3.06. The van der Waals surface area contributed by atoms with Gasteiger partial charge in [0.15, 0.2) is 11.8 Å². The van der Waals surface area contributed by atoms with Crippen molar-refractivity contribution in [3.05, 3.63) is 59.6 Å². The Morgan fingerprint density at radius 2 is 1.61 bits per heavy atom. The predicted octanol–water partition coefficient (Wildman–Crippen LogP) is 2.50. The third-order valence-corrected chi connectivity index (χ3v) is 7.54. The molecule has 0 radical (unpaired) electrons. The summed E-state index contributed by atoms with van der Waals surface area (Å²) in [6, 6.07) is 15.9. The number of aromatic nitrogens is 3. The van der Waals surface area contributed by atoms with Crippen LogP contribution in [0.3, 0.4) is 0 Å². The van der Waals surface area contributed by atoms with Gasteiger partial charge in [-0.2, -0.15) is 4.98 Å². The lowest BCUT2D eigenvalue weighted by molar-refractivity contribution is 0.00706. The van der Waals surface area contributed by atoms with Crippen molar-refractivity contribution in [2.45, 2.75) is 29.3 Å². The molecule has 0 spiro atoms. The molecular formula is C24H21ClN4O6S. The fourth-order valence-electron chi connectivity index (χ4n) is 4.50. The van der Waals surface area contributed by atoms with Crippen molar-refractivity contribution in [3.63, 3.8) is 0 Å². The van der Waals surface area contributed by atoms with Gasteiger partial charge in [-0.05, 0) is 29.3 Å². The number of halogens is 1. The van der Waals surface area contributed by atoms with Crippen LogP contribution in [0, 0.1) is 0 Å². The van der Waals surface area contributed by atoms with E-state index in [9.17, 15) is 13.5 Å². The van der Waals surface area contributed by atoms with Crippen molar-refractivity contribution < 1.29 is 27.7 Å². The molecule has 0 saturated carbocycles. The average Bonchev–Trinajstić information content (AvgIpc) is 3.55. The highest BCUT2D eigenvalue weighted by molar-refractivity contribution is 7.89. The molecule has 2 aliphatic heterocycles. The monoisotopic (exact) mass is 528 g/mol. The SMILES string of the molecule is NS(=O)(=O)c1ccc(-c2ccc(-c3nc4nc(O[C@@H]5CO[C@H]6[C@@H]5OC[C@H]6O)[nH]c4cc3Cl)cc2)cc1. The molecule has 2 fully saturated rings. The van der Waals surface area contributed by atoms with Gasteiger partial charge in [0, 0.05) is 5.56 Å². The Morgan fingerprint density at radius 1 is 0.972 bits per heavy atom. The van der Waals surface area contributed by atoms with Crippen LogP contribution in [-0.4, -0.2) is 66.1 Å². The minimum Gasteiger partial charge on any atom is -0.456 e. The number of primary sulfonamides is 1. The number of sulfonamides is 1. The molecule has 4 heterocycles. The number of ether oxygens (including phenoxy) is 3. The van der Waals surface area contributed by atoms with E-state index in [0.717, 1.165) is 16.7 Å². The second-order valence-corrected chi connectivity index (χ2v) is 10.7. The molecule has 0 aliphatic carbocycles. The van der Waals surface area contributed by atoms with Gasteiger partial charge in [0.25, 0.3) is 6.01 Å². The van der Waals surface area contributed by atoms with Crippen molar-refractivity contribution >= 4 is 32.8 Å². The number of fused-ring (bicyclic) bond motifs is 2. The van der Waals surface area contributed by atoms with Gasteiger partial charge in [0.2, 0.25) is 10.0 Å². The minimum atomic E-state index is -3.74. The Kier molecular flexibility index (Phi) is 5.71. The topological polar surface area (TPSA) is 150 Å². The zero-order valence-electron chi connectivity index (χ0n) is 18.7. The predicted molar refractivity (Wildman–Crippen MR) is 131 cm³/mol. The summed E-state index contributed by atoms with van der Waals surface area (Å²) in [6.07, 6.45) is -1.80. The number of hydrogen-bond donors (Lipinski definition) is 3. The van der Waals surface area contributed by atoms with Gasteiger partial charge in [0.1, 0.15) is 18.3 Å². The van der Waals surface area contributed by atoms with E-state index in [1.54, 1.807) is 18.2 Å². The standard InChI is InChI=1S/C24H21ClN4O6S/c25-16-9-17-23(29-24(27-17)35-19-11-34-21-18(30)10-33-22(19)21)28-20(16)14-3-1-12(2-4-14)13-5-7-15(8-6-13)36(26,31)32/h1-9,18-19,21-22,30H,10-11H2,(H2,26,31,32)(H,27,28,29)/t18-,19-,21-,22-/m1/s1. The van der Waals surface area contributed by atoms with Gasteiger partial charge < -0.3 is 24.3 Å². The first kappa shape index (κ1) is 23.3. The number of benzene rings is 2. The Balaban J connectivity index is 1.23. The number of aliphatic hydroxyl groups is 1. The summed E-state index contributed by atoms with van der Waals surface area (Å²) in [7, 11) is -3.74. The van der Waals surface area contributed by atoms with Crippen LogP contribution in [0.15, 0.2) is 59.5 Å². The lowest BCUT2D eigenvalue weighted by Gasteiger charge is -2.15. The molecule has 10 nitrogen and oxygen atoms in total. The van der Waals surface area contributed by atoms with Gasteiger partial charge in [-0.3, -0.25) is 0 Å². The second kappa shape index (κ2) is 8.80. The van der Waals surface area contributed by atoms with E-state index in [1.807, 2.05) is 24.3 Å². The minimum absolute atomic E-state index is 0.0585.